The molecule has 3 heterocycles. The maximum Gasteiger partial charge on any atom is 0.0948 e. The molecule has 1 aromatic carbocycles. The summed E-state index contributed by atoms with van der Waals surface area (Å²) in [6.45, 7) is 10.1. The van der Waals surface area contributed by atoms with Crippen molar-refractivity contribution >= 4 is 5.69 Å². The summed E-state index contributed by atoms with van der Waals surface area (Å²) in [7, 11) is 0. The minimum Gasteiger partial charge on any atom is -0.379 e. The Morgan fingerprint density at radius 1 is 1.21 bits per heavy atom. The van der Waals surface area contributed by atoms with Crippen molar-refractivity contribution in [1.29, 1.82) is 0 Å². The molecule has 5 heteroatoms. The van der Waals surface area contributed by atoms with Crippen LogP contribution >= 0.6 is 0 Å². The van der Waals surface area contributed by atoms with E-state index in [0.717, 1.165) is 52.5 Å². The van der Waals surface area contributed by atoms with Crippen LogP contribution in [-0.2, 0) is 17.8 Å². The molecule has 0 bridgehead atoms. The molecule has 1 saturated heterocycles. The van der Waals surface area contributed by atoms with E-state index in [9.17, 15) is 0 Å². The van der Waals surface area contributed by atoms with Crippen LogP contribution in [0.4, 0.5) is 5.69 Å². The van der Waals surface area contributed by atoms with Crippen LogP contribution in [0.2, 0.25) is 0 Å². The Kier molecular flexibility index (Phi) is 4.54. The van der Waals surface area contributed by atoms with E-state index in [4.69, 9.17) is 4.74 Å². The average molecular weight is 326 g/mol. The molecule has 0 N–H and O–H groups in total. The van der Waals surface area contributed by atoms with Gasteiger partial charge in [-0.25, -0.2) is 4.98 Å². The highest BCUT2D eigenvalue weighted by molar-refractivity contribution is 5.60. The van der Waals surface area contributed by atoms with E-state index < -0.39 is 0 Å². The Morgan fingerprint density at radius 2 is 2.04 bits per heavy atom. The van der Waals surface area contributed by atoms with Crippen LogP contribution in [0.3, 0.4) is 0 Å². The average Bonchev–Trinajstić information content (AvgIpc) is 3.21. The number of aromatic nitrogens is 2. The van der Waals surface area contributed by atoms with Crippen LogP contribution in [-0.4, -0.2) is 53.8 Å². The van der Waals surface area contributed by atoms with Crippen molar-refractivity contribution < 1.29 is 4.74 Å². The van der Waals surface area contributed by atoms with Crippen molar-refractivity contribution in [2.24, 2.45) is 0 Å². The third-order valence-corrected chi connectivity index (χ3v) is 5.23. The van der Waals surface area contributed by atoms with Gasteiger partial charge in [0.1, 0.15) is 0 Å². The minimum atomic E-state index is 0.581. The monoisotopic (exact) mass is 326 g/mol. The number of hydrogen-bond donors (Lipinski definition) is 0. The number of aryl methyl sites for hydroxylation is 1. The SMILES string of the molecule is CCn1cncc1CN1CC(CN2CCOCC2)c2ccccc21. The Balaban J connectivity index is 1.52. The molecule has 0 saturated carbocycles. The van der Waals surface area contributed by atoms with Crippen molar-refractivity contribution in [1.82, 2.24) is 14.5 Å². The molecule has 0 aliphatic carbocycles. The second-order valence-corrected chi connectivity index (χ2v) is 6.72. The summed E-state index contributed by atoms with van der Waals surface area (Å²) in [6.07, 6.45) is 3.93. The smallest absolute Gasteiger partial charge is 0.0948 e. The van der Waals surface area contributed by atoms with Gasteiger partial charge in [0, 0.05) is 50.5 Å². The van der Waals surface area contributed by atoms with Gasteiger partial charge in [-0.15, -0.1) is 0 Å². The van der Waals surface area contributed by atoms with Crippen LogP contribution < -0.4 is 4.90 Å². The highest BCUT2D eigenvalue weighted by atomic mass is 16.5. The Labute approximate surface area is 143 Å². The Hall–Kier alpha value is -1.85. The van der Waals surface area contributed by atoms with Crippen LogP contribution in [0.1, 0.15) is 24.1 Å². The van der Waals surface area contributed by atoms with Crippen molar-refractivity contribution in [3.63, 3.8) is 0 Å². The van der Waals surface area contributed by atoms with Crippen LogP contribution in [0.25, 0.3) is 0 Å². The lowest BCUT2D eigenvalue weighted by Gasteiger charge is -2.29. The summed E-state index contributed by atoms with van der Waals surface area (Å²) in [6, 6.07) is 8.89. The van der Waals surface area contributed by atoms with E-state index in [1.807, 2.05) is 12.5 Å². The quantitative estimate of drug-likeness (QED) is 0.844. The first-order valence-corrected chi connectivity index (χ1v) is 8.98. The largest absolute Gasteiger partial charge is 0.379 e. The number of hydrogen-bond acceptors (Lipinski definition) is 4. The lowest BCUT2D eigenvalue weighted by atomic mass is 10.0. The summed E-state index contributed by atoms with van der Waals surface area (Å²) >= 11 is 0. The van der Waals surface area contributed by atoms with E-state index in [-0.39, 0.29) is 0 Å². The molecule has 24 heavy (non-hydrogen) atoms. The number of benzene rings is 1. The van der Waals surface area contributed by atoms with Gasteiger partial charge in [0.25, 0.3) is 0 Å². The van der Waals surface area contributed by atoms with Crippen LogP contribution in [0, 0.1) is 0 Å². The van der Waals surface area contributed by atoms with Crippen molar-refractivity contribution in [3.8, 4) is 0 Å². The molecule has 2 aliphatic heterocycles. The van der Waals surface area contributed by atoms with Gasteiger partial charge in [0.2, 0.25) is 0 Å². The van der Waals surface area contributed by atoms with Gasteiger partial charge >= 0.3 is 0 Å². The molecule has 1 fully saturated rings. The molecule has 0 radical (unpaired) electrons. The third kappa shape index (κ3) is 3.06. The number of anilines is 1. The standard InChI is InChI=1S/C19H26N4O/c1-2-22-15-20-11-17(22)14-23-13-16(12-21-7-9-24-10-8-21)18-5-3-4-6-19(18)23/h3-6,11,15-16H,2,7-10,12-14H2,1H3. The molecule has 4 rings (SSSR count). The fourth-order valence-electron chi connectivity index (χ4n) is 3.94. The van der Waals surface area contributed by atoms with Gasteiger partial charge < -0.3 is 14.2 Å². The third-order valence-electron chi connectivity index (χ3n) is 5.23. The normalized spacial score (nSPS) is 21.2. The molecule has 0 amide bonds. The van der Waals surface area contributed by atoms with E-state index in [1.54, 1.807) is 0 Å². The predicted octanol–water partition coefficient (Wildman–Crippen LogP) is 2.34. The lowest BCUT2D eigenvalue weighted by molar-refractivity contribution is 0.0356. The maximum atomic E-state index is 5.49. The zero-order chi connectivity index (χ0) is 16.4. The van der Waals surface area contributed by atoms with E-state index in [1.165, 1.54) is 16.9 Å². The second kappa shape index (κ2) is 6.95. The lowest BCUT2D eigenvalue weighted by Crippen LogP contribution is -2.39. The number of nitrogens with zero attached hydrogens (tertiary/aromatic N) is 4. The Bertz CT molecular complexity index is 678. The highest BCUT2D eigenvalue weighted by Gasteiger charge is 2.30. The number of ether oxygens (including phenoxy) is 1. The number of morpholine rings is 1. The van der Waals surface area contributed by atoms with Crippen molar-refractivity contribution in [3.05, 3.63) is 48.0 Å². The molecule has 128 valence electrons. The fourth-order valence-corrected chi connectivity index (χ4v) is 3.94. The van der Waals surface area contributed by atoms with Crippen molar-refractivity contribution in [2.75, 3.05) is 44.3 Å². The summed E-state index contributed by atoms with van der Waals surface area (Å²) in [5.41, 5.74) is 4.17. The number of fused-ring (bicyclic) bond motifs is 1. The second-order valence-electron chi connectivity index (χ2n) is 6.72. The van der Waals surface area contributed by atoms with Crippen LogP contribution in [0.5, 0.6) is 0 Å². The number of para-hydroxylation sites is 1. The topological polar surface area (TPSA) is 33.5 Å². The zero-order valence-corrected chi connectivity index (χ0v) is 14.4. The van der Waals surface area contributed by atoms with E-state index >= 15 is 0 Å². The number of imidazole rings is 1. The van der Waals surface area contributed by atoms with E-state index in [2.05, 4.69) is 50.5 Å². The van der Waals surface area contributed by atoms with Gasteiger partial charge in [0.15, 0.2) is 0 Å². The molecular formula is C19H26N4O. The highest BCUT2D eigenvalue weighted by Crippen LogP contribution is 2.37. The number of rotatable bonds is 5. The van der Waals surface area contributed by atoms with E-state index in [0.29, 0.717) is 5.92 Å². The van der Waals surface area contributed by atoms with Gasteiger partial charge in [-0.1, -0.05) is 18.2 Å². The molecule has 1 unspecified atom stereocenters. The first-order valence-electron chi connectivity index (χ1n) is 8.98. The van der Waals surface area contributed by atoms with Gasteiger partial charge in [-0.05, 0) is 18.6 Å². The molecule has 2 aliphatic rings. The summed E-state index contributed by atoms with van der Waals surface area (Å²) in [4.78, 5) is 9.38. The summed E-state index contributed by atoms with van der Waals surface area (Å²) in [5.74, 6) is 0.581. The summed E-state index contributed by atoms with van der Waals surface area (Å²) < 4.78 is 7.72. The predicted molar refractivity (Wildman–Crippen MR) is 95.4 cm³/mol. The fraction of sp³-hybridized carbons (Fsp3) is 0.526. The molecule has 1 aromatic heterocycles. The van der Waals surface area contributed by atoms with Crippen molar-refractivity contribution in [2.45, 2.75) is 25.9 Å². The van der Waals surface area contributed by atoms with Crippen LogP contribution in [0.15, 0.2) is 36.8 Å². The zero-order valence-electron chi connectivity index (χ0n) is 14.4. The molecule has 2 aromatic rings. The van der Waals surface area contributed by atoms with Gasteiger partial charge in [-0.3, -0.25) is 4.90 Å². The molecule has 1 atom stereocenters. The minimum absolute atomic E-state index is 0.581. The maximum absolute atomic E-state index is 5.49. The van der Waals surface area contributed by atoms with Gasteiger partial charge in [-0.2, -0.15) is 0 Å². The molecular weight excluding hydrogens is 300 g/mol. The van der Waals surface area contributed by atoms with Gasteiger partial charge in [0.05, 0.1) is 31.8 Å². The molecule has 5 nitrogen and oxygen atoms in total. The first-order chi connectivity index (χ1) is 11.8. The first kappa shape index (κ1) is 15.7. The summed E-state index contributed by atoms with van der Waals surface area (Å²) in [5, 5.41) is 0. The Morgan fingerprint density at radius 3 is 2.88 bits per heavy atom. The molecule has 0 spiro atoms.